The molecule has 0 radical (unpaired) electrons. The molecule has 0 saturated carbocycles. The topological polar surface area (TPSA) is 56.4 Å². The summed E-state index contributed by atoms with van der Waals surface area (Å²) in [5.74, 6) is 0.736. The van der Waals surface area contributed by atoms with E-state index in [1.807, 2.05) is 6.07 Å². The first-order valence-corrected chi connectivity index (χ1v) is 8.56. The number of hydrogen-bond donors (Lipinski definition) is 3. The molecule has 23 heavy (non-hydrogen) atoms. The fraction of sp³-hybridized carbons (Fsp3) is 0.611. The summed E-state index contributed by atoms with van der Waals surface area (Å²) in [6.07, 6.45) is 1.96. The first kappa shape index (κ1) is 17.9. The molecular formula is C18H30N4O. The van der Waals surface area contributed by atoms with Crippen LogP contribution in [-0.4, -0.2) is 43.0 Å². The SMILES string of the molecule is CC(C)CC1CC(C(=O)NCCN(C)Cc2ccccc2)NN1. The summed E-state index contributed by atoms with van der Waals surface area (Å²) in [5, 5.41) is 3.03. The van der Waals surface area contributed by atoms with Crippen molar-refractivity contribution in [1.82, 2.24) is 21.1 Å². The van der Waals surface area contributed by atoms with Gasteiger partial charge in [0.1, 0.15) is 6.04 Å². The van der Waals surface area contributed by atoms with Gasteiger partial charge in [-0.25, -0.2) is 5.43 Å². The molecule has 0 bridgehead atoms. The van der Waals surface area contributed by atoms with Gasteiger partial charge in [-0.1, -0.05) is 44.2 Å². The fourth-order valence-corrected chi connectivity index (χ4v) is 2.98. The summed E-state index contributed by atoms with van der Waals surface area (Å²) in [7, 11) is 2.08. The number of nitrogens with zero attached hydrogens (tertiary/aromatic N) is 1. The molecule has 1 aliphatic rings. The largest absolute Gasteiger partial charge is 0.353 e. The maximum absolute atomic E-state index is 12.2. The van der Waals surface area contributed by atoms with Crippen LogP contribution in [0.25, 0.3) is 0 Å². The van der Waals surface area contributed by atoms with Gasteiger partial charge < -0.3 is 10.2 Å². The predicted octanol–water partition coefficient (Wildman–Crippen LogP) is 1.52. The molecule has 1 saturated heterocycles. The van der Waals surface area contributed by atoms with Crippen molar-refractivity contribution in [2.45, 2.75) is 45.3 Å². The van der Waals surface area contributed by atoms with E-state index in [0.717, 1.165) is 25.9 Å². The molecule has 2 rings (SSSR count). The van der Waals surface area contributed by atoms with Gasteiger partial charge in [0.15, 0.2) is 0 Å². The fourth-order valence-electron chi connectivity index (χ4n) is 2.98. The van der Waals surface area contributed by atoms with Crippen LogP contribution < -0.4 is 16.2 Å². The lowest BCUT2D eigenvalue weighted by molar-refractivity contribution is -0.122. The Kier molecular flexibility index (Phi) is 7.02. The zero-order chi connectivity index (χ0) is 16.7. The van der Waals surface area contributed by atoms with Crippen LogP contribution in [0.5, 0.6) is 0 Å². The lowest BCUT2D eigenvalue weighted by Crippen LogP contribution is -2.45. The number of rotatable bonds is 8. The van der Waals surface area contributed by atoms with Crippen LogP contribution in [0.1, 0.15) is 32.3 Å². The molecule has 5 nitrogen and oxygen atoms in total. The minimum atomic E-state index is -0.113. The molecule has 128 valence electrons. The van der Waals surface area contributed by atoms with Crippen molar-refractivity contribution in [2.24, 2.45) is 5.92 Å². The first-order valence-electron chi connectivity index (χ1n) is 8.56. The minimum absolute atomic E-state index is 0.0943. The second-order valence-corrected chi connectivity index (χ2v) is 6.92. The molecule has 3 N–H and O–H groups in total. The Hall–Kier alpha value is -1.43. The molecule has 2 atom stereocenters. The molecule has 5 heteroatoms. The van der Waals surface area contributed by atoms with Crippen molar-refractivity contribution in [2.75, 3.05) is 20.1 Å². The summed E-state index contributed by atoms with van der Waals surface area (Å²) in [5.41, 5.74) is 7.63. The van der Waals surface area contributed by atoms with Gasteiger partial charge in [-0.3, -0.25) is 10.2 Å². The van der Waals surface area contributed by atoms with E-state index in [4.69, 9.17) is 0 Å². The van der Waals surface area contributed by atoms with Crippen LogP contribution in [0.15, 0.2) is 30.3 Å². The van der Waals surface area contributed by atoms with Gasteiger partial charge in [-0.05, 0) is 31.4 Å². The van der Waals surface area contributed by atoms with E-state index < -0.39 is 0 Å². The van der Waals surface area contributed by atoms with Crippen LogP contribution in [0.3, 0.4) is 0 Å². The third-order valence-corrected chi connectivity index (χ3v) is 4.14. The average molecular weight is 318 g/mol. The van der Waals surface area contributed by atoms with Gasteiger partial charge in [0.25, 0.3) is 0 Å². The van der Waals surface area contributed by atoms with E-state index in [1.165, 1.54) is 5.56 Å². The molecule has 1 aromatic carbocycles. The van der Waals surface area contributed by atoms with Crippen molar-refractivity contribution in [3.8, 4) is 0 Å². The highest BCUT2D eigenvalue weighted by Crippen LogP contribution is 2.13. The van der Waals surface area contributed by atoms with Crippen molar-refractivity contribution in [3.05, 3.63) is 35.9 Å². The molecule has 0 aliphatic carbocycles. The van der Waals surface area contributed by atoms with Gasteiger partial charge in [0, 0.05) is 25.7 Å². The molecule has 0 aromatic heterocycles. The van der Waals surface area contributed by atoms with E-state index in [1.54, 1.807) is 0 Å². The Bertz CT molecular complexity index is 477. The minimum Gasteiger partial charge on any atom is -0.353 e. The summed E-state index contributed by atoms with van der Waals surface area (Å²) in [6, 6.07) is 10.7. The average Bonchev–Trinajstić information content (AvgIpc) is 2.96. The number of likely N-dealkylation sites (N-methyl/N-ethyl adjacent to an activating group) is 1. The third kappa shape index (κ3) is 6.29. The number of carbonyl (C=O) groups excluding carboxylic acids is 1. The third-order valence-electron chi connectivity index (χ3n) is 4.14. The highest BCUT2D eigenvalue weighted by molar-refractivity contribution is 5.82. The van der Waals surface area contributed by atoms with Crippen LogP contribution >= 0.6 is 0 Å². The number of amides is 1. The summed E-state index contributed by atoms with van der Waals surface area (Å²) in [6.45, 7) is 6.83. The van der Waals surface area contributed by atoms with Crippen LogP contribution in [0.4, 0.5) is 0 Å². The Labute approximate surface area is 139 Å². The maximum atomic E-state index is 12.2. The van der Waals surface area contributed by atoms with Crippen LogP contribution in [0, 0.1) is 5.92 Å². The second kappa shape index (κ2) is 9.01. The Balaban J connectivity index is 1.63. The highest BCUT2D eigenvalue weighted by atomic mass is 16.2. The van der Waals surface area contributed by atoms with Gasteiger partial charge in [0.2, 0.25) is 5.91 Å². The number of nitrogens with one attached hydrogen (secondary N) is 3. The van der Waals surface area contributed by atoms with Crippen LogP contribution in [0.2, 0.25) is 0 Å². The Morgan fingerprint density at radius 3 is 2.74 bits per heavy atom. The van der Waals surface area contributed by atoms with Gasteiger partial charge in [0.05, 0.1) is 0 Å². The quantitative estimate of drug-likeness (QED) is 0.680. The van der Waals surface area contributed by atoms with Gasteiger partial charge in [-0.2, -0.15) is 0 Å². The van der Waals surface area contributed by atoms with Crippen molar-refractivity contribution >= 4 is 5.91 Å². The normalized spacial score (nSPS) is 21.1. The number of hydrogen-bond acceptors (Lipinski definition) is 4. The van der Waals surface area contributed by atoms with E-state index >= 15 is 0 Å². The summed E-state index contributed by atoms with van der Waals surface area (Å²) in [4.78, 5) is 14.4. The second-order valence-electron chi connectivity index (χ2n) is 6.92. The van der Waals surface area contributed by atoms with Crippen molar-refractivity contribution in [1.29, 1.82) is 0 Å². The standard InChI is InChI=1S/C18H30N4O/c1-14(2)11-16-12-17(21-20-16)18(23)19-9-10-22(3)13-15-7-5-4-6-8-15/h4-8,14,16-17,20-21H,9-13H2,1-3H3,(H,19,23). The molecule has 1 amide bonds. The van der Waals surface area contributed by atoms with E-state index in [-0.39, 0.29) is 11.9 Å². The Morgan fingerprint density at radius 1 is 1.30 bits per heavy atom. The van der Waals surface area contributed by atoms with Gasteiger partial charge in [-0.15, -0.1) is 0 Å². The monoisotopic (exact) mass is 318 g/mol. The number of benzene rings is 1. The molecular weight excluding hydrogens is 288 g/mol. The maximum Gasteiger partial charge on any atom is 0.238 e. The molecule has 1 heterocycles. The van der Waals surface area contributed by atoms with Crippen molar-refractivity contribution in [3.63, 3.8) is 0 Å². The van der Waals surface area contributed by atoms with Crippen LogP contribution in [-0.2, 0) is 11.3 Å². The molecule has 1 aromatic rings. The summed E-state index contributed by atoms with van der Waals surface area (Å²) < 4.78 is 0. The zero-order valence-electron chi connectivity index (χ0n) is 14.5. The first-order chi connectivity index (χ1) is 11.0. The number of hydrazine groups is 1. The molecule has 0 spiro atoms. The number of carbonyl (C=O) groups is 1. The van der Waals surface area contributed by atoms with E-state index in [9.17, 15) is 4.79 Å². The molecule has 2 unspecified atom stereocenters. The molecule has 1 aliphatic heterocycles. The lowest BCUT2D eigenvalue weighted by Gasteiger charge is -2.18. The van der Waals surface area contributed by atoms with E-state index in [2.05, 4.69) is 66.2 Å². The van der Waals surface area contributed by atoms with Gasteiger partial charge >= 0.3 is 0 Å². The highest BCUT2D eigenvalue weighted by Gasteiger charge is 2.29. The zero-order valence-corrected chi connectivity index (χ0v) is 14.5. The predicted molar refractivity (Wildman–Crippen MR) is 93.7 cm³/mol. The summed E-state index contributed by atoms with van der Waals surface area (Å²) >= 11 is 0. The Morgan fingerprint density at radius 2 is 2.04 bits per heavy atom. The molecule has 1 fully saturated rings. The van der Waals surface area contributed by atoms with Crippen molar-refractivity contribution < 1.29 is 4.79 Å². The smallest absolute Gasteiger partial charge is 0.238 e. The van der Waals surface area contributed by atoms with E-state index in [0.29, 0.717) is 18.5 Å². The lowest BCUT2D eigenvalue weighted by atomic mass is 10.00.